The van der Waals surface area contributed by atoms with Crippen LogP contribution < -0.4 is 5.32 Å². The summed E-state index contributed by atoms with van der Waals surface area (Å²) in [6.45, 7) is 7.68. The molecule has 5 heteroatoms. The van der Waals surface area contributed by atoms with Crippen molar-refractivity contribution in [2.45, 2.75) is 33.6 Å². The van der Waals surface area contributed by atoms with E-state index >= 15 is 0 Å². The molecule has 2 amide bonds. The lowest BCUT2D eigenvalue weighted by Gasteiger charge is -2.30. The monoisotopic (exact) mass is 351 g/mol. The maximum Gasteiger partial charge on any atom is 0.274 e. The molecular weight excluding hydrogens is 326 g/mol. The van der Waals surface area contributed by atoms with Gasteiger partial charge in [0.25, 0.3) is 11.8 Å². The summed E-state index contributed by atoms with van der Waals surface area (Å²) in [6, 6.07) is 10.9. The zero-order valence-electron chi connectivity index (χ0n) is 15.6. The van der Waals surface area contributed by atoms with Crippen LogP contribution in [0.15, 0.2) is 36.4 Å². The van der Waals surface area contributed by atoms with Gasteiger partial charge in [-0.1, -0.05) is 19.1 Å². The third-order valence-corrected chi connectivity index (χ3v) is 4.75. The molecule has 1 aliphatic heterocycles. The lowest BCUT2D eigenvalue weighted by Crippen LogP contribution is -2.38. The third kappa shape index (κ3) is 4.28. The Morgan fingerprint density at radius 1 is 1.04 bits per heavy atom. The number of aryl methyl sites for hydroxylation is 2. The highest BCUT2D eigenvalue weighted by molar-refractivity contribution is 6.04. The second kappa shape index (κ2) is 7.68. The first-order valence-electron chi connectivity index (χ1n) is 9.08. The molecule has 26 heavy (non-hydrogen) atoms. The largest absolute Gasteiger partial charge is 0.337 e. The number of hydrogen-bond donors (Lipinski definition) is 1. The summed E-state index contributed by atoms with van der Waals surface area (Å²) in [7, 11) is 0. The molecule has 2 heterocycles. The van der Waals surface area contributed by atoms with Crippen LogP contribution in [-0.4, -0.2) is 34.8 Å². The molecule has 1 saturated heterocycles. The SMILES string of the molecule is Cc1cc(C)cc(NC(=O)c2cccc(C(=O)N3CCC(C)CC3)n2)c1. The molecule has 1 aromatic carbocycles. The lowest BCUT2D eigenvalue weighted by atomic mass is 9.99. The first kappa shape index (κ1) is 18.1. The van der Waals surface area contributed by atoms with Crippen LogP contribution >= 0.6 is 0 Å². The Bertz CT molecular complexity index is 804. The van der Waals surface area contributed by atoms with Gasteiger partial charge in [0.1, 0.15) is 11.4 Å². The van der Waals surface area contributed by atoms with Crippen LogP contribution in [0.1, 0.15) is 51.9 Å². The zero-order chi connectivity index (χ0) is 18.7. The Balaban J connectivity index is 1.74. The van der Waals surface area contributed by atoms with Gasteiger partial charge in [0.15, 0.2) is 0 Å². The van der Waals surface area contributed by atoms with Crippen molar-refractivity contribution in [1.29, 1.82) is 0 Å². The lowest BCUT2D eigenvalue weighted by molar-refractivity contribution is 0.0691. The van der Waals surface area contributed by atoms with E-state index in [-0.39, 0.29) is 17.5 Å². The predicted molar refractivity (Wildman–Crippen MR) is 102 cm³/mol. The minimum atomic E-state index is -0.308. The fraction of sp³-hybridized carbons (Fsp3) is 0.381. The van der Waals surface area contributed by atoms with Gasteiger partial charge in [-0.3, -0.25) is 9.59 Å². The van der Waals surface area contributed by atoms with E-state index in [0.29, 0.717) is 11.6 Å². The van der Waals surface area contributed by atoms with Crippen LogP contribution in [0.4, 0.5) is 5.69 Å². The molecule has 0 saturated carbocycles. The van der Waals surface area contributed by atoms with Gasteiger partial charge in [-0.05, 0) is 68.0 Å². The number of aromatic nitrogens is 1. The predicted octanol–water partition coefficient (Wildman–Crippen LogP) is 3.82. The molecule has 0 spiro atoms. The number of nitrogens with zero attached hydrogens (tertiary/aromatic N) is 2. The summed E-state index contributed by atoms with van der Waals surface area (Å²) in [5, 5.41) is 2.87. The standard InChI is InChI=1S/C21H25N3O2/c1-14-7-9-24(10-8-14)21(26)19-6-4-5-18(23-19)20(25)22-17-12-15(2)11-16(3)13-17/h4-6,11-14H,7-10H2,1-3H3,(H,22,25). The molecule has 0 radical (unpaired) electrons. The van der Waals surface area contributed by atoms with Gasteiger partial charge in [0.05, 0.1) is 0 Å². The fourth-order valence-electron chi connectivity index (χ4n) is 3.30. The summed E-state index contributed by atoms with van der Waals surface area (Å²) < 4.78 is 0. The van der Waals surface area contributed by atoms with Crippen molar-refractivity contribution >= 4 is 17.5 Å². The van der Waals surface area contributed by atoms with Gasteiger partial charge in [-0.25, -0.2) is 4.98 Å². The molecule has 2 aromatic rings. The molecule has 1 aromatic heterocycles. The highest BCUT2D eigenvalue weighted by Crippen LogP contribution is 2.18. The molecule has 1 aliphatic rings. The molecule has 136 valence electrons. The first-order valence-corrected chi connectivity index (χ1v) is 9.08. The van der Waals surface area contributed by atoms with Crippen molar-refractivity contribution in [3.8, 4) is 0 Å². The number of nitrogens with one attached hydrogen (secondary N) is 1. The molecule has 5 nitrogen and oxygen atoms in total. The quantitative estimate of drug-likeness (QED) is 0.914. The minimum Gasteiger partial charge on any atom is -0.337 e. The van der Waals surface area contributed by atoms with Crippen LogP contribution in [0.3, 0.4) is 0 Å². The van der Waals surface area contributed by atoms with Crippen LogP contribution in [-0.2, 0) is 0 Å². The van der Waals surface area contributed by atoms with Crippen LogP contribution in [0.2, 0.25) is 0 Å². The van der Waals surface area contributed by atoms with E-state index in [4.69, 9.17) is 0 Å². The Hall–Kier alpha value is -2.69. The van der Waals surface area contributed by atoms with E-state index in [9.17, 15) is 9.59 Å². The minimum absolute atomic E-state index is 0.0991. The molecule has 0 aliphatic carbocycles. The number of piperidine rings is 1. The van der Waals surface area contributed by atoms with Crippen molar-refractivity contribution in [2.75, 3.05) is 18.4 Å². The number of likely N-dealkylation sites (tertiary alicyclic amines) is 1. The van der Waals surface area contributed by atoms with Gasteiger partial charge in [-0.15, -0.1) is 0 Å². The number of anilines is 1. The highest BCUT2D eigenvalue weighted by Gasteiger charge is 2.23. The van der Waals surface area contributed by atoms with Gasteiger partial charge >= 0.3 is 0 Å². The Labute approximate surface area is 154 Å². The summed E-state index contributed by atoms with van der Waals surface area (Å²) in [5.41, 5.74) is 3.47. The number of carbonyl (C=O) groups is 2. The smallest absolute Gasteiger partial charge is 0.274 e. The third-order valence-electron chi connectivity index (χ3n) is 4.75. The van der Waals surface area contributed by atoms with Crippen molar-refractivity contribution in [2.24, 2.45) is 5.92 Å². The highest BCUT2D eigenvalue weighted by atomic mass is 16.2. The fourth-order valence-corrected chi connectivity index (χ4v) is 3.30. The van der Waals surface area contributed by atoms with Gasteiger partial charge in [0, 0.05) is 18.8 Å². The first-order chi connectivity index (χ1) is 12.4. The number of benzene rings is 1. The van der Waals surface area contributed by atoms with Crippen LogP contribution in [0, 0.1) is 19.8 Å². The summed E-state index contributed by atoms with van der Waals surface area (Å²) in [4.78, 5) is 31.3. The Morgan fingerprint density at radius 3 is 2.31 bits per heavy atom. The maximum absolute atomic E-state index is 12.7. The molecule has 0 bridgehead atoms. The Kier molecular flexibility index (Phi) is 5.35. The van der Waals surface area contributed by atoms with Gasteiger partial charge in [0.2, 0.25) is 0 Å². The van der Waals surface area contributed by atoms with E-state index in [0.717, 1.165) is 42.7 Å². The van der Waals surface area contributed by atoms with Gasteiger partial charge in [-0.2, -0.15) is 0 Å². The Morgan fingerprint density at radius 2 is 1.65 bits per heavy atom. The van der Waals surface area contributed by atoms with E-state index < -0.39 is 0 Å². The topological polar surface area (TPSA) is 62.3 Å². The molecule has 0 unspecified atom stereocenters. The average Bonchev–Trinajstić information content (AvgIpc) is 2.61. The number of pyridine rings is 1. The summed E-state index contributed by atoms with van der Waals surface area (Å²) in [5.74, 6) is 0.247. The maximum atomic E-state index is 12.7. The van der Waals surface area contributed by atoms with Crippen molar-refractivity contribution in [3.63, 3.8) is 0 Å². The van der Waals surface area contributed by atoms with E-state index in [1.54, 1.807) is 18.2 Å². The van der Waals surface area contributed by atoms with Gasteiger partial charge < -0.3 is 10.2 Å². The van der Waals surface area contributed by atoms with Crippen molar-refractivity contribution < 1.29 is 9.59 Å². The molecule has 3 rings (SSSR count). The number of hydrogen-bond acceptors (Lipinski definition) is 3. The molecule has 1 N–H and O–H groups in total. The number of rotatable bonds is 3. The number of carbonyl (C=O) groups excluding carboxylic acids is 2. The summed E-state index contributed by atoms with van der Waals surface area (Å²) >= 11 is 0. The second-order valence-corrected chi connectivity index (χ2v) is 7.21. The van der Waals surface area contributed by atoms with E-state index in [1.165, 1.54) is 0 Å². The van der Waals surface area contributed by atoms with E-state index in [2.05, 4.69) is 17.2 Å². The van der Waals surface area contributed by atoms with E-state index in [1.807, 2.05) is 36.9 Å². The van der Waals surface area contributed by atoms with Crippen LogP contribution in [0.5, 0.6) is 0 Å². The molecule has 1 fully saturated rings. The molecule has 0 atom stereocenters. The number of amides is 2. The average molecular weight is 351 g/mol. The van der Waals surface area contributed by atoms with Crippen LogP contribution in [0.25, 0.3) is 0 Å². The molecular formula is C21H25N3O2. The van der Waals surface area contributed by atoms with Crippen molar-refractivity contribution in [1.82, 2.24) is 9.88 Å². The summed E-state index contributed by atoms with van der Waals surface area (Å²) in [6.07, 6.45) is 2.03. The van der Waals surface area contributed by atoms with Crippen molar-refractivity contribution in [3.05, 3.63) is 58.9 Å². The normalized spacial score (nSPS) is 15.0. The second-order valence-electron chi connectivity index (χ2n) is 7.21. The zero-order valence-corrected chi connectivity index (χ0v) is 15.6.